The number of hydrogen-bond acceptors (Lipinski definition) is 3. The maximum absolute atomic E-state index is 13.1. The third kappa shape index (κ3) is 3.87. The lowest BCUT2D eigenvalue weighted by molar-refractivity contribution is 0.456. The molecule has 3 nitrogen and oxygen atoms in total. The van der Waals surface area contributed by atoms with Gasteiger partial charge in [-0.05, 0) is 45.9 Å². The highest BCUT2D eigenvalue weighted by Gasteiger charge is 2.29. The van der Waals surface area contributed by atoms with E-state index in [9.17, 15) is 14.0 Å². The first-order valence-electron chi connectivity index (χ1n) is 5.38. The summed E-state index contributed by atoms with van der Waals surface area (Å²) in [5, 5.41) is 9.62. The normalized spacial score (nSPS) is 15.6. The van der Waals surface area contributed by atoms with Gasteiger partial charge >= 0.3 is 0 Å². The van der Waals surface area contributed by atoms with Crippen LogP contribution in [-0.2, 0) is 11.4 Å². The Bertz CT molecular complexity index is 393. The van der Waals surface area contributed by atoms with E-state index in [0.29, 0.717) is 5.56 Å². The van der Waals surface area contributed by atoms with E-state index in [1.54, 1.807) is 6.92 Å². The largest absolute Gasteiger partial charge is 0.598 e. The number of hydrogen-bond donors (Lipinski definition) is 2. The quantitative estimate of drug-likeness (QED) is 0.820. The van der Waals surface area contributed by atoms with Crippen molar-refractivity contribution in [2.75, 3.05) is 0 Å². The minimum Gasteiger partial charge on any atom is -0.598 e. The van der Waals surface area contributed by atoms with Crippen LogP contribution in [0.2, 0.25) is 0 Å². The summed E-state index contributed by atoms with van der Waals surface area (Å²) in [6.45, 7) is 7.26. The predicted molar refractivity (Wildman–Crippen MR) is 67.5 cm³/mol. The first-order chi connectivity index (χ1) is 7.71. The molecule has 96 valence electrons. The highest BCUT2D eigenvalue weighted by Crippen LogP contribution is 2.26. The Morgan fingerprint density at radius 3 is 2.53 bits per heavy atom. The van der Waals surface area contributed by atoms with Gasteiger partial charge in [0, 0.05) is 16.9 Å². The molecular formula is C12H18FNO2S. The number of phenols is 1. The van der Waals surface area contributed by atoms with Gasteiger partial charge in [-0.15, -0.1) is 4.72 Å². The fourth-order valence-electron chi connectivity index (χ4n) is 1.27. The van der Waals surface area contributed by atoms with E-state index in [2.05, 4.69) is 4.72 Å². The molecule has 0 spiro atoms. The maximum atomic E-state index is 13.1. The first kappa shape index (κ1) is 14.3. The van der Waals surface area contributed by atoms with Crippen molar-refractivity contribution in [2.45, 2.75) is 38.5 Å². The van der Waals surface area contributed by atoms with Crippen LogP contribution < -0.4 is 4.72 Å². The summed E-state index contributed by atoms with van der Waals surface area (Å²) >= 11 is -1.27. The van der Waals surface area contributed by atoms with Crippen molar-refractivity contribution in [3.63, 3.8) is 0 Å². The van der Waals surface area contributed by atoms with Crippen LogP contribution in [0.4, 0.5) is 4.39 Å². The van der Waals surface area contributed by atoms with Gasteiger partial charge in [-0.3, -0.25) is 0 Å². The van der Waals surface area contributed by atoms with Gasteiger partial charge in [-0.2, -0.15) is 0 Å². The molecule has 0 bridgehead atoms. The van der Waals surface area contributed by atoms with E-state index in [-0.39, 0.29) is 11.8 Å². The predicted octanol–water partition coefficient (Wildman–Crippen LogP) is 2.64. The number of halogens is 1. The lowest BCUT2D eigenvalue weighted by Gasteiger charge is -2.26. The Morgan fingerprint density at radius 1 is 1.41 bits per heavy atom. The number of nitrogens with one attached hydrogen (secondary N) is 1. The Kier molecular flexibility index (Phi) is 4.41. The molecule has 1 aromatic carbocycles. The molecule has 1 aromatic rings. The van der Waals surface area contributed by atoms with Gasteiger partial charge in [0.05, 0.1) is 6.04 Å². The van der Waals surface area contributed by atoms with E-state index in [4.69, 9.17) is 0 Å². The zero-order valence-electron chi connectivity index (χ0n) is 10.5. The van der Waals surface area contributed by atoms with E-state index < -0.39 is 21.9 Å². The van der Waals surface area contributed by atoms with Gasteiger partial charge in [-0.25, -0.2) is 4.39 Å². The fraction of sp³-hybridized carbons (Fsp3) is 0.500. The van der Waals surface area contributed by atoms with E-state index in [1.165, 1.54) is 18.2 Å². The van der Waals surface area contributed by atoms with Gasteiger partial charge < -0.3 is 9.66 Å². The van der Waals surface area contributed by atoms with Crippen LogP contribution in [0.25, 0.3) is 0 Å². The fourth-order valence-corrected chi connectivity index (χ4v) is 2.07. The first-order valence-corrected chi connectivity index (χ1v) is 6.53. The Labute approximate surface area is 104 Å². The molecule has 2 N–H and O–H groups in total. The average molecular weight is 259 g/mol. The Hall–Kier alpha value is -0.780. The summed E-state index contributed by atoms with van der Waals surface area (Å²) in [6.07, 6.45) is 0. The van der Waals surface area contributed by atoms with Crippen LogP contribution in [-0.4, -0.2) is 14.4 Å². The standard InChI is InChI=1S/C12H18FNO2S/c1-8(14-17(16)12(2,3)4)10-7-9(13)5-6-11(10)15/h5-8,14-15H,1-4H3/t8-,17-/m0/s1. The van der Waals surface area contributed by atoms with Crippen LogP contribution in [0.1, 0.15) is 39.3 Å². The van der Waals surface area contributed by atoms with Gasteiger partial charge in [0.1, 0.15) is 16.3 Å². The van der Waals surface area contributed by atoms with Crippen LogP contribution in [0, 0.1) is 5.82 Å². The molecule has 0 aliphatic carbocycles. The van der Waals surface area contributed by atoms with Crippen molar-refractivity contribution in [3.8, 4) is 5.75 Å². The topological polar surface area (TPSA) is 55.3 Å². The molecule has 0 saturated carbocycles. The molecule has 0 aliphatic rings. The molecule has 0 amide bonds. The van der Waals surface area contributed by atoms with E-state index in [1.807, 2.05) is 20.8 Å². The molecule has 17 heavy (non-hydrogen) atoms. The molecule has 5 heteroatoms. The summed E-state index contributed by atoms with van der Waals surface area (Å²) in [6, 6.07) is 3.34. The number of rotatable bonds is 3. The summed E-state index contributed by atoms with van der Waals surface area (Å²) in [4.78, 5) is 0. The van der Waals surface area contributed by atoms with Crippen LogP contribution in [0.5, 0.6) is 5.75 Å². The smallest absolute Gasteiger partial charge is 0.136 e. The van der Waals surface area contributed by atoms with Crippen molar-refractivity contribution in [3.05, 3.63) is 29.6 Å². The van der Waals surface area contributed by atoms with Crippen molar-refractivity contribution in [2.24, 2.45) is 0 Å². The minimum absolute atomic E-state index is 0.00249. The van der Waals surface area contributed by atoms with Gasteiger partial charge in [0.15, 0.2) is 0 Å². The summed E-state index contributed by atoms with van der Waals surface area (Å²) in [5.41, 5.74) is 0.405. The number of benzene rings is 1. The second-order valence-electron chi connectivity index (χ2n) is 4.92. The Balaban J connectivity index is 2.83. The maximum Gasteiger partial charge on any atom is 0.136 e. The summed E-state index contributed by atoms with van der Waals surface area (Å²) in [5.74, 6) is -0.426. The molecule has 0 aliphatic heterocycles. The molecule has 0 radical (unpaired) electrons. The average Bonchev–Trinajstić information content (AvgIpc) is 2.20. The molecule has 1 rings (SSSR count). The molecule has 0 aromatic heterocycles. The highest BCUT2D eigenvalue weighted by molar-refractivity contribution is 7.90. The number of phenolic OH excluding ortho intramolecular Hbond substituents is 1. The van der Waals surface area contributed by atoms with Gasteiger partial charge in [-0.1, -0.05) is 0 Å². The number of aromatic hydroxyl groups is 1. The van der Waals surface area contributed by atoms with Crippen molar-refractivity contribution >= 4 is 11.4 Å². The molecule has 0 fully saturated rings. The van der Waals surface area contributed by atoms with Gasteiger partial charge in [0.25, 0.3) is 0 Å². The Morgan fingerprint density at radius 2 is 2.00 bits per heavy atom. The molecule has 0 saturated heterocycles. The summed E-state index contributed by atoms with van der Waals surface area (Å²) in [7, 11) is 0. The van der Waals surface area contributed by atoms with Crippen molar-refractivity contribution in [1.82, 2.24) is 4.72 Å². The van der Waals surface area contributed by atoms with E-state index in [0.717, 1.165) is 0 Å². The SMILES string of the molecule is C[C@H](N[S@@+]([O-])C(C)(C)C)c1cc(F)ccc1O. The van der Waals surface area contributed by atoms with Crippen LogP contribution >= 0.6 is 0 Å². The van der Waals surface area contributed by atoms with Crippen LogP contribution in [0.3, 0.4) is 0 Å². The summed E-state index contributed by atoms with van der Waals surface area (Å²) < 4.78 is 27.4. The van der Waals surface area contributed by atoms with Crippen molar-refractivity contribution in [1.29, 1.82) is 0 Å². The van der Waals surface area contributed by atoms with E-state index >= 15 is 0 Å². The molecular weight excluding hydrogens is 241 g/mol. The molecule has 0 heterocycles. The monoisotopic (exact) mass is 259 g/mol. The lowest BCUT2D eigenvalue weighted by Crippen LogP contribution is -2.40. The third-order valence-corrected chi connectivity index (χ3v) is 3.98. The van der Waals surface area contributed by atoms with Gasteiger partial charge in [0.2, 0.25) is 0 Å². The minimum atomic E-state index is -1.27. The molecule has 2 atom stereocenters. The zero-order valence-corrected chi connectivity index (χ0v) is 11.3. The highest BCUT2D eigenvalue weighted by atomic mass is 32.2. The van der Waals surface area contributed by atoms with Crippen LogP contribution in [0.15, 0.2) is 18.2 Å². The van der Waals surface area contributed by atoms with Crippen molar-refractivity contribution < 1.29 is 14.0 Å². The lowest BCUT2D eigenvalue weighted by atomic mass is 10.1. The second-order valence-corrected chi connectivity index (χ2v) is 6.92. The zero-order chi connectivity index (χ0) is 13.2. The molecule has 0 unspecified atom stereocenters. The third-order valence-electron chi connectivity index (χ3n) is 2.30. The second kappa shape index (κ2) is 5.25.